The maximum Gasteiger partial charge on any atom is 0.251 e. The maximum absolute atomic E-state index is 12.5. The van der Waals surface area contributed by atoms with Gasteiger partial charge in [-0.15, -0.1) is 0 Å². The second-order valence-electron chi connectivity index (χ2n) is 8.72. The number of nitrogens with one attached hydrogen (secondary N) is 1. The first kappa shape index (κ1) is 21.7. The summed E-state index contributed by atoms with van der Waals surface area (Å²) >= 11 is 0. The highest BCUT2D eigenvalue weighted by atomic mass is 16.3. The Bertz CT molecular complexity index is 862. The van der Waals surface area contributed by atoms with Gasteiger partial charge < -0.3 is 20.2 Å². The van der Waals surface area contributed by atoms with Gasteiger partial charge in [0.2, 0.25) is 5.91 Å². The Hall–Kier alpha value is -3.02. The summed E-state index contributed by atoms with van der Waals surface area (Å²) in [6.07, 6.45) is 0.297. The van der Waals surface area contributed by atoms with E-state index < -0.39 is 0 Å². The predicted molar refractivity (Wildman–Crippen MR) is 119 cm³/mol. The molecule has 0 saturated carbocycles. The number of rotatable bonds is 5. The molecule has 0 spiro atoms. The van der Waals surface area contributed by atoms with Crippen LogP contribution in [0.5, 0.6) is 5.75 Å². The average molecular weight is 410 g/mol. The van der Waals surface area contributed by atoms with E-state index in [0.29, 0.717) is 31.6 Å². The number of amides is 2. The molecule has 1 fully saturated rings. The zero-order chi connectivity index (χ0) is 21.7. The minimum Gasteiger partial charge on any atom is -0.508 e. The van der Waals surface area contributed by atoms with Crippen LogP contribution in [0.3, 0.4) is 0 Å². The number of anilines is 1. The van der Waals surface area contributed by atoms with E-state index in [9.17, 15) is 14.7 Å². The molecule has 160 valence electrons. The molecule has 2 amide bonds. The number of aromatic hydroxyl groups is 1. The molecule has 1 saturated heterocycles. The number of phenolic OH excluding ortho intramolecular Hbond substituents is 1. The van der Waals surface area contributed by atoms with Crippen LogP contribution in [0.1, 0.15) is 43.1 Å². The number of carbonyl (C=O) groups excluding carboxylic acids is 2. The summed E-state index contributed by atoms with van der Waals surface area (Å²) in [4.78, 5) is 28.9. The zero-order valence-corrected chi connectivity index (χ0v) is 18.0. The lowest BCUT2D eigenvalue weighted by molar-refractivity contribution is -0.131. The van der Waals surface area contributed by atoms with Crippen LogP contribution in [0.4, 0.5) is 5.69 Å². The summed E-state index contributed by atoms with van der Waals surface area (Å²) < 4.78 is 0. The Kier molecular flexibility index (Phi) is 6.65. The van der Waals surface area contributed by atoms with Crippen LogP contribution in [0, 0.1) is 0 Å². The fourth-order valence-electron chi connectivity index (χ4n) is 3.54. The van der Waals surface area contributed by atoms with Gasteiger partial charge in [0.05, 0.1) is 0 Å². The molecule has 0 aliphatic carbocycles. The van der Waals surface area contributed by atoms with E-state index in [0.717, 1.165) is 18.8 Å². The summed E-state index contributed by atoms with van der Waals surface area (Å²) in [6, 6.07) is 14.7. The van der Waals surface area contributed by atoms with Gasteiger partial charge in [0.15, 0.2) is 0 Å². The quantitative estimate of drug-likeness (QED) is 0.796. The molecule has 2 aromatic rings. The lowest BCUT2D eigenvalue weighted by Gasteiger charge is -2.36. The molecule has 0 bridgehead atoms. The first-order valence-corrected chi connectivity index (χ1v) is 10.4. The van der Waals surface area contributed by atoms with Crippen molar-refractivity contribution in [2.45, 2.75) is 32.6 Å². The molecular weight excluding hydrogens is 378 g/mol. The van der Waals surface area contributed by atoms with Gasteiger partial charge in [-0.1, -0.05) is 32.9 Å². The molecule has 1 heterocycles. The molecule has 0 unspecified atom stereocenters. The van der Waals surface area contributed by atoms with Crippen molar-refractivity contribution in [1.29, 1.82) is 0 Å². The van der Waals surface area contributed by atoms with E-state index >= 15 is 0 Å². The van der Waals surface area contributed by atoms with Gasteiger partial charge in [0.1, 0.15) is 5.75 Å². The van der Waals surface area contributed by atoms with Crippen molar-refractivity contribution in [1.82, 2.24) is 10.2 Å². The monoisotopic (exact) mass is 409 g/mol. The van der Waals surface area contributed by atoms with Crippen molar-refractivity contribution in [2.75, 3.05) is 37.6 Å². The van der Waals surface area contributed by atoms with Gasteiger partial charge in [-0.2, -0.15) is 0 Å². The molecule has 6 heteroatoms. The minimum absolute atomic E-state index is 0.0493. The molecule has 0 aromatic heterocycles. The van der Waals surface area contributed by atoms with E-state index in [2.05, 4.69) is 31.0 Å². The SMILES string of the molecule is CC(C)(C)c1ccc(C(=O)NCCC(=O)N2CCN(c3ccc(O)cc3)CC2)cc1. The fraction of sp³-hybridized carbons (Fsp3) is 0.417. The second kappa shape index (κ2) is 9.20. The van der Waals surface area contributed by atoms with Crippen LogP contribution >= 0.6 is 0 Å². The van der Waals surface area contributed by atoms with Crippen molar-refractivity contribution >= 4 is 17.5 Å². The standard InChI is InChI=1S/C24H31N3O3/c1-24(2,3)19-6-4-18(5-7-19)23(30)25-13-12-22(29)27-16-14-26(15-17-27)20-8-10-21(28)11-9-20/h4-11,28H,12-17H2,1-3H3,(H,25,30). The average Bonchev–Trinajstić information content (AvgIpc) is 2.74. The largest absolute Gasteiger partial charge is 0.508 e. The Balaban J connectivity index is 1.41. The van der Waals surface area contributed by atoms with E-state index in [4.69, 9.17) is 0 Å². The van der Waals surface area contributed by atoms with Crippen molar-refractivity contribution in [3.05, 3.63) is 59.7 Å². The smallest absolute Gasteiger partial charge is 0.251 e. The van der Waals surface area contributed by atoms with E-state index in [1.807, 2.05) is 41.3 Å². The normalized spacial score (nSPS) is 14.5. The lowest BCUT2D eigenvalue weighted by atomic mass is 9.87. The highest BCUT2D eigenvalue weighted by molar-refractivity contribution is 5.94. The first-order valence-electron chi connectivity index (χ1n) is 10.4. The predicted octanol–water partition coefficient (Wildman–Crippen LogP) is 3.16. The molecule has 30 heavy (non-hydrogen) atoms. The molecular formula is C24H31N3O3. The maximum atomic E-state index is 12.5. The topological polar surface area (TPSA) is 72.9 Å². The van der Waals surface area contributed by atoms with Crippen molar-refractivity contribution < 1.29 is 14.7 Å². The molecule has 6 nitrogen and oxygen atoms in total. The van der Waals surface area contributed by atoms with Crippen LogP contribution in [-0.2, 0) is 10.2 Å². The number of benzene rings is 2. The fourth-order valence-corrected chi connectivity index (χ4v) is 3.54. The summed E-state index contributed by atoms with van der Waals surface area (Å²) in [5, 5.41) is 12.3. The highest BCUT2D eigenvalue weighted by Crippen LogP contribution is 2.22. The van der Waals surface area contributed by atoms with Gasteiger partial charge in [0, 0.05) is 50.4 Å². The third-order valence-corrected chi connectivity index (χ3v) is 5.48. The van der Waals surface area contributed by atoms with Gasteiger partial charge in [-0.3, -0.25) is 9.59 Å². The zero-order valence-electron chi connectivity index (χ0n) is 18.0. The Morgan fingerprint density at radius 1 is 0.933 bits per heavy atom. The van der Waals surface area contributed by atoms with Gasteiger partial charge >= 0.3 is 0 Å². The van der Waals surface area contributed by atoms with Crippen molar-refractivity contribution in [3.63, 3.8) is 0 Å². The minimum atomic E-state index is -0.152. The third-order valence-electron chi connectivity index (χ3n) is 5.48. The number of hydrogen-bond donors (Lipinski definition) is 2. The molecule has 2 N–H and O–H groups in total. The molecule has 0 atom stereocenters. The van der Waals surface area contributed by atoms with E-state index in [1.165, 1.54) is 5.56 Å². The lowest BCUT2D eigenvalue weighted by Crippen LogP contribution is -2.49. The first-order chi connectivity index (χ1) is 14.2. The van der Waals surface area contributed by atoms with E-state index in [1.54, 1.807) is 12.1 Å². The number of carbonyl (C=O) groups is 2. The molecule has 1 aliphatic rings. The number of piperazine rings is 1. The number of hydrogen-bond acceptors (Lipinski definition) is 4. The van der Waals surface area contributed by atoms with Crippen molar-refractivity contribution in [2.24, 2.45) is 0 Å². The van der Waals surface area contributed by atoms with Gasteiger partial charge in [-0.25, -0.2) is 0 Å². The summed E-state index contributed by atoms with van der Waals surface area (Å²) in [5.41, 5.74) is 2.89. The molecule has 1 aliphatic heterocycles. The Labute approximate surface area is 178 Å². The number of phenols is 1. The van der Waals surface area contributed by atoms with Gasteiger partial charge in [0.25, 0.3) is 5.91 Å². The summed E-state index contributed by atoms with van der Waals surface area (Å²) in [5.74, 6) is 0.156. The van der Waals surface area contributed by atoms with Crippen LogP contribution in [-0.4, -0.2) is 54.5 Å². The van der Waals surface area contributed by atoms with Crippen LogP contribution in [0.25, 0.3) is 0 Å². The number of nitrogens with zero attached hydrogens (tertiary/aromatic N) is 2. The highest BCUT2D eigenvalue weighted by Gasteiger charge is 2.21. The third kappa shape index (κ3) is 5.53. The van der Waals surface area contributed by atoms with Crippen LogP contribution in [0.15, 0.2) is 48.5 Å². The van der Waals surface area contributed by atoms with Crippen LogP contribution in [0.2, 0.25) is 0 Å². The summed E-state index contributed by atoms with van der Waals surface area (Å²) in [6.45, 7) is 9.56. The second-order valence-corrected chi connectivity index (χ2v) is 8.72. The Morgan fingerprint density at radius 3 is 2.10 bits per heavy atom. The van der Waals surface area contributed by atoms with E-state index in [-0.39, 0.29) is 23.0 Å². The molecule has 3 rings (SSSR count). The molecule has 0 radical (unpaired) electrons. The summed E-state index contributed by atoms with van der Waals surface area (Å²) in [7, 11) is 0. The Morgan fingerprint density at radius 2 is 1.53 bits per heavy atom. The van der Waals surface area contributed by atoms with Crippen molar-refractivity contribution in [3.8, 4) is 5.75 Å². The van der Waals surface area contributed by atoms with Gasteiger partial charge in [-0.05, 0) is 47.4 Å². The molecule has 2 aromatic carbocycles. The van der Waals surface area contributed by atoms with Crippen LogP contribution < -0.4 is 10.2 Å².